The third kappa shape index (κ3) is 4.63. The predicted molar refractivity (Wildman–Crippen MR) is 139 cm³/mol. The SMILES string of the molecule is CCOc1ccc(-n2cccc2/C=C2\C(=N)N3N=C(COc4ccccc4C)SC3=NC2=O)cc1. The topological polar surface area (TPSA) is 92.3 Å². The number of nitrogens with one attached hydrogen (secondary N) is 1. The summed E-state index contributed by atoms with van der Waals surface area (Å²) in [7, 11) is 0. The van der Waals surface area contributed by atoms with Gasteiger partial charge in [-0.05, 0) is 79.7 Å². The van der Waals surface area contributed by atoms with Gasteiger partial charge < -0.3 is 14.0 Å². The molecular weight excluding hydrogens is 462 g/mol. The summed E-state index contributed by atoms with van der Waals surface area (Å²) in [6.07, 6.45) is 3.57. The molecule has 5 rings (SSSR count). The van der Waals surface area contributed by atoms with Gasteiger partial charge in [0.25, 0.3) is 5.91 Å². The van der Waals surface area contributed by atoms with Crippen molar-refractivity contribution in [1.82, 2.24) is 9.58 Å². The van der Waals surface area contributed by atoms with Crippen molar-refractivity contribution in [1.29, 1.82) is 5.41 Å². The summed E-state index contributed by atoms with van der Waals surface area (Å²) in [5, 5.41) is 15.5. The average molecular weight is 486 g/mol. The molecule has 0 bridgehead atoms. The van der Waals surface area contributed by atoms with Crippen LogP contribution in [0.25, 0.3) is 11.8 Å². The lowest BCUT2D eigenvalue weighted by Crippen LogP contribution is -2.35. The third-order valence-electron chi connectivity index (χ3n) is 5.44. The summed E-state index contributed by atoms with van der Waals surface area (Å²) >= 11 is 1.24. The van der Waals surface area contributed by atoms with Crippen molar-refractivity contribution in [3.8, 4) is 17.2 Å². The second kappa shape index (κ2) is 9.63. The van der Waals surface area contributed by atoms with E-state index in [1.165, 1.54) is 16.8 Å². The molecule has 3 heterocycles. The molecule has 0 saturated carbocycles. The first kappa shape index (κ1) is 22.7. The number of fused-ring (bicyclic) bond motifs is 1. The number of ether oxygens (including phenoxy) is 2. The summed E-state index contributed by atoms with van der Waals surface area (Å²) in [5.41, 5.74) is 2.86. The lowest BCUT2D eigenvalue weighted by atomic mass is 10.1. The number of rotatable bonds is 7. The number of amidine groups is 2. The van der Waals surface area contributed by atoms with E-state index in [2.05, 4.69) is 10.1 Å². The van der Waals surface area contributed by atoms with Crippen LogP contribution in [0.3, 0.4) is 0 Å². The van der Waals surface area contributed by atoms with E-state index in [1.807, 2.05) is 85.3 Å². The molecule has 176 valence electrons. The normalized spacial score (nSPS) is 16.3. The lowest BCUT2D eigenvalue weighted by molar-refractivity contribution is -0.114. The Morgan fingerprint density at radius 2 is 1.86 bits per heavy atom. The molecular formula is C26H23N5O3S. The molecule has 2 aliphatic heterocycles. The van der Waals surface area contributed by atoms with E-state index >= 15 is 0 Å². The number of benzene rings is 2. The zero-order valence-electron chi connectivity index (χ0n) is 19.3. The Morgan fingerprint density at radius 1 is 1.06 bits per heavy atom. The van der Waals surface area contributed by atoms with Gasteiger partial charge in [0.15, 0.2) is 5.84 Å². The highest BCUT2D eigenvalue weighted by Gasteiger charge is 2.36. The maximum Gasteiger partial charge on any atom is 0.283 e. The number of aryl methyl sites for hydroxylation is 1. The third-order valence-corrected chi connectivity index (χ3v) is 6.32. The molecule has 8 nitrogen and oxygen atoms in total. The number of thioether (sulfide) groups is 1. The summed E-state index contributed by atoms with van der Waals surface area (Å²) in [4.78, 5) is 17.0. The number of amides is 1. The zero-order valence-corrected chi connectivity index (χ0v) is 20.1. The van der Waals surface area contributed by atoms with Crippen molar-refractivity contribution in [3.63, 3.8) is 0 Å². The number of hydrogen-bond acceptors (Lipinski definition) is 6. The van der Waals surface area contributed by atoms with Crippen molar-refractivity contribution >= 4 is 39.8 Å². The van der Waals surface area contributed by atoms with Crippen molar-refractivity contribution in [2.24, 2.45) is 10.1 Å². The Kier molecular flexibility index (Phi) is 6.24. The van der Waals surface area contributed by atoms with E-state index in [4.69, 9.17) is 14.9 Å². The highest BCUT2D eigenvalue weighted by molar-refractivity contribution is 8.27. The van der Waals surface area contributed by atoms with Crippen LogP contribution in [-0.4, -0.2) is 44.7 Å². The van der Waals surface area contributed by atoms with E-state index in [9.17, 15) is 4.79 Å². The predicted octanol–water partition coefficient (Wildman–Crippen LogP) is 4.88. The molecule has 0 spiro atoms. The van der Waals surface area contributed by atoms with Crippen LogP contribution in [0.5, 0.6) is 11.5 Å². The molecule has 2 aromatic carbocycles. The zero-order chi connectivity index (χ0) is 24.4. The maximum absolute atomic E-state index is 12.8. The first-order valence-corrected chi connectivity index (χ1v) is 11.9. The molecule has 9 heteroatoms. The second-order valence-electron chi connectivity index (χ2n) is 7.80. The first-order chi connectivity index (χ1) is 17.0. The molecule has 0 atom stereocenters. The Hall–Kier alpha value is -4.11. The van der Waals surface area contributed by atoms with Crippen molar-refractivity contribution in [3.05, 3.63) is 83.7 Å². The fourth-order valence-electron chi connectivity index (χ4n) is 3.71. The number of aliphatic imine (C=N–C) groups is 1. The van der Waals surface area contributed by atoms with Gasteiger partial charge in [0.2, 0.25) is 5.17 Å². The van der Waals surface area contributed by atoms with Crippen LogP contribution in [0, 0.1) is 12.3 Å². The molecule has 35 heavy (non-hydrogen) atoms. The fourth-order valence-corrected chi connectivity index (χ4v) is 4.51. The van der Waals surface area contributed by atoms with Crippen LogP contribution in [0.2, 0.25) is 0 Å². The van der Waals surface area contributed by atoms with E-state index < -0.39 is 5.91 Å². The van der Waals surface area contributed by atoms with Crippen LogP contribution in [0.1, 0.15) is 18.2 Å². The number of para-hydroxylation sites is 1. The Labute approximate surface area is 207 Å². The van der Waals surface area contributed by atoms with Gasteiger partial charge in [0, 0.05) is 17.6 Å². The standard InChI is InChI=1S/C26H23N5O3S/c1-3-33-20-12-10-18(11-13-20)30-14-6-8-19(30)15-21-24(27)31-26(28-25(21)32)35-23(29-31)16-34-22-9-5-4-7-17(22)2/h4-15,27H,3,16H2,1-2H3/b21-15+,27-24?. The highest BCUT2D eigenvalue weighted by atomic mass is 32.2. The monoisotopic (exact) mass is 485 g/mol. The molecule has 1 N–H and O–H groups in total. The van der Waals surface area contributed by atoms with Crippen LogP contribution in [0.15, 0.2) is 82.5 Å². The van der Waals surface area contributed by atoms with E-state index in [1.54, 1.807) is 6.08 Å². The number of hydrogen-bond donors (Lipinski definition) is 1. The second-order valence-corrected chi connectivity index (χ2v) is 8.84. The minimum absolute atomic E-state index is 0.0159. The van der Waals surface area contributed by atoms with Gasteiger partial charge in [-0.25, -0.2) is 0 Å². The van der Waals surface area contributed by atoms with Gasteiger partial charge in [-0.1, -0.05) is 18.2 Å². The van der Waals surface area contributed by atoms with E-state index in [0.29, 0.717) is 16.8 Å². The van der Waals surface area contributed by atoms with Gasteiger partial charge >= 0.3 is 0 Å². The summed E-state index contributed by atoms with van der Waals surface area (Å²) < 4.78 is 13.3. The number of hydrazone groups is 1. The van der Waals surface area contributed by atoms with Gasteiger partial charge in [0.05, 0.1) is 12.2 Å². The van der Waals surface area contributed by atoms with Gasteiger partial charge in [-0.2, -0.15) is 15.1 Å². The van der Waals surface area contributed by atoms with Crippen LogP contribution in [-0.2, 0) is 4.79 Å². The summed E-state index contributed by atoms with van der Waals surface area (Å²) in [5.74, 6) is 1.08. The lowest BCUT2D eigenvalue weighted by Gasteiger charge is -2.20. The van der Waals surface area contributed by atoms with Gasteiger partial charge in [-0.15, -0.1) is 0 Å². The summed E-state index contributed by atoms with van der Waals surface area (Å²) in [6.45, 7) is 4.74. The molecule has 2 aliphatic rings. The molecule has 0 fully saturated rings. The minimum Gasteiger partial charge on any atom is -0.494 e. The molecule has 0 aliphatic carbocycles. The van der Waals surface area contributed by atoms with Gasteiger partial charge in [-0.3, -0.25) is 10.2 Å². The van der Waals surface area contributed by atoms with Crippen molar-refractivity contribution in [2.45, 2.75) is 13.8 Å². The maximum atomic E-state index is 12.8. The quantitative estimate of drug-likeness (QED) is 0.482. The average Bonchev–Trinajstić information content (AvgIpc) is 3.49. The summed E-state index contributed by atoms with van der Waals surface area (Å²) in [6, 6.07) is 19.2. The van der Waals surface area contributed by atoms with Crippen molar-refractivity contribution < 1.29 is 14.3 Å². The Morgan fingerprint density at radius 3 is 2.63 bits per heavy atom. The number of aromatic nitrogens is 1. The number of carbonyl (C=O) groups is 1. The molecule has 1 aromatic heterocycles. The molecule has 1 amide bonds. The fraction of sp³-hybridized carbons (Fsp3) is 0.154. The largest absolute Gasteiger partial charge is 0.494 e. The molecule has 0 radical (unpaired) electrons. The van der Waals surface area contributed by atoms with Crippen LogP contribution >= 0.6 is 11.8 Å². The first-order valence-electron chi connectivity index (χ1n) is 11.1. The number of nitrogens with zero attached hydrogens (tertiary/aromatic N) is 4. The molecule has 3 aromatic rings. The molecule has 0 saturated heterocycles. The van der Waals surface area contributed by atoms with E-state index in [-0.39, 0.29) is 18.0 Å². The minimum atomic E-state index is -0.468. The molecule has 0 unspecified atom stereocenters. The highest BCUT2D eigenvalue weighted by Crippen LogP contribution is 2.29. The van der Waals surface area contributed by atoms with Gasteiger partial charge in [0.1, 0.15) is 23.1 Å². The Bertz CT molecular complexity index is 1390. The Balaban J connectivity index is 1.36. The van der Waals surface area contributed by atoms with Crippen LogP contribution < -0.4 is 9.47 Å². The van der Waals surface area contributed by atoms with Crippen molar-refractivity contribution in [2.75, 3.05) is 13.2 Å². The van der Waals surface area contributed by atoms with E-state index in [0.717, 1.165) is 28.4 Å². The number of carbonyl (C=O) groups excluding carboxylic acids is 1. The van der Waals surface area contributed by atoms with Crippen LogP contribution in [0.4, 0.5) is 0 Å². The smallest absolute Gasteiger partial charge is 0.283 e.